The third-order valence-electron chi connectivity index (χ3n) is 4.52. The standard InChI is InChI=1S/C17H29N5O/c1-18-17(19-12-15-9-6-10-22(15)4)20-14-8-5-7-13(11-14)16(23)21(2)3/h6,9-10,13-14H,5,7-8,11-12H2,1-4H3,(H2,18,19,20). The van der Waals surface area contributed by atoms with Crippen molar-refractivity contribution >= 4 is 11.9 Å². The summed E-state index contributed by atoms with van der Waals surface area (Å²) in [7, 11) is 7.48. The van der Waals surface area contributed by atoms with E-state index in [9.17, 15) is 4.79 Å². The van der Waals surface area contributed by atoms with Gasteiger partial charge in [-0.05, 0) is 31.4 Å². The number of guanidine groups is 1. The second kappa shape index (κ2) is 8.04. The summed E-state index contributed by atoms with van der Waals surface area (Å²) in [6, 6.07) is 4.43. The van der Waals surface area contributed by atoms with Crippen LogP contribution < -0.4 is 10.6 Å². The van der Waals surface area contributed by atoms with Crippen LogP contribution in [0.25, 0.3) is 0 Å². The first-order valence-corrected chi connectivity index (χ1v) is 8.29. The molecule has 1 aliphatic carbocycles. The molecule has 2 atom stereocenters. The predicted octanol–water partition coefficient (Wildman–Crippen LogP) is 1.34. The number of carbonyl (C=O) groups excluding carboxylic acids is 1. The lowest BCUT2D eigenvalue weighted by Crippen LogP contribution is -2.46. The van der Waals surface area contributed by atoms with E-state index in [-0.39, 0.29) is 11.8 Å². The van der Waals surface area contributed by atoms with Crippen molar-refractivity contribution in [1.82, 2.24) is 20.1 Å². The Morgan fingerprint density at radius 3 is 2.83 bits per heavy atom. The van der Waals surface area contributed by atoms with Gasteiger partial charge in [-0.3, -0.25) is 9.79 Å². The van der Waals surface area contributed by atoms with Crippen LogP contribution >= 0.6 is 0 Å². The lowest BCUT2D eigenvalue weighted by atomic mass is 9.85. The Kier molecular flexibility index (Phi) is 6.07. The molecular weight excluding hydrogens is 290 g/mol. The van der Waals surface area contributed by atoms with Crippen molar-refractivity contribution in [3.05, 3.63) is 24.0 Å². The fourth-order valence-corrected chi connectivity index (χ4v) is 3.15. The Balaban J connectivity index is 1.86. The lowest BCUT2D eigenvalue weighted by Gasteiger charge is -2.31. The van der Waals surface area contributed by atoms with Gasteiger partial charge < -0.3 is 20.1 Å². The zero-order valence-electron chi connectivity index (χ0n) is 14.7. The van der Waals surface area contributed by atoms with Crippen LogP contribution in [-0.4, -0.2) is 48.5 Å². The number of hydrogen-bond donors (Lipinski definition) is 2. The first-order valence-electron chi connectivity index (χ1n) is 8.29. The van der Waals surface area contributed by atoms with Gasteiger partial charge in [0.15, 0.2) is 5.96 Å². The molecule has 1 saturated carbocycles. The van der Waals surface area contributed by atoms with Crippen LogP contribution in [0.1, 0.15) is 31.4 Å². The molecule has 0 spiro atoms. The number of hydrogen-bond acceptors (Lipinski definition) is 2. The van der Waals surface area contributed by atoms with Gasteiger partial charge in [-0.1, -0.05) is 6.42 Å². The van der Waals surface area contributed by atoms with Gasteiger partial charge in [-0.15, -0.1) is 0 Å². The molecule has 23 heavy (non-hydrogen) atoms. The van der Waals surface area contributed by atoms with E-state index in [2.05, 4.69) is 26.3 Å². The molecule has 128 valence electrons. The highest BCUT2D eigenvalue weighted by Crippen LogP contribution is 2.25. The Morgan fingerprint density at radius 2 is 2.22 bits per heavy atom. The zero-order chi connectivity index (χ0) is 16.8. The maximum Gasteiger partial charge on any atom is 0.225 e. The normalized spacial score (nSPS) is 21.8. The zero-order valence-corrected chi connectivity index (χ0v) is 14.7. The number of amides is 1. The van der Waals surface area contributed by atoms with Crippen molar-refractivity contribution in [3.8, 4) is 0 Å². The molecular formula is C17H29N5O. The monoisotopic (exact) mass is 319 g/mol. The highest BCUT2D eigenvalue weighted by molar-refractivity contribution is 5.80. The predicted molar refractivity (Wildman–Crippen MR) is 93.2 cm³/mol. The van der Waals surface area contributed by atoms with Crippen LogP contribution in [0.3, 0.4) is 0 Å². The van der Waals surface area contributed by atoms with E-state index in [1.165, 1.54) is 5.69 Å². The van der Waals surface area contributed by atoms with Gasteiger partial charge in [0.25, 0.3) is 0 Å². The van der Waals surface area contributed by atoms with E-state index in [4.69, 9.17) is 0 Å². The van der Waals surface area contributed by atoms with Crippen LogP contribution in [0, 0.1) is 5.92 Å². The van der Waals surface area contributed by atoms with E-state index in [1.54, 1.807) is 11.9 Å². The van der Waals surface area contributed by atoms with E-state index in [1.807, 2.05) is 33.4 Å². The molecule has 0 bridgehead atoms. The summed E-state index contributed by atoms with van der Waals surface area (Å²) in [6.07, 6.45) is 6.07. The number of carbonyl (C=O) groups is 1. The molecule has 1 aromatic rings. The maximum atomic E-state index is 12.2. The number of nitrogens with zero attached hydrogens (tertiary/aromatic N) is 3. The number of rotatable bonds is 4. The molecule has 1 aromatic heterocycles. The average Bonchev–Trinajstić information content (AvgIpc) is 2.96. The van der Waals surface area contributed by atoms with E-state index < -0.39 is 0 Å². The van der Waals surface area contributed by atoms with Gasteiger partial charge in [0, 0.05) is 52.0 Å². The molecule has 1 heterocycles. The summed E-state index contributed by atoms with van der Waals surface area (Å²) in [4.78, 5) is 18.2. The smallest absolute Gasteiger partial charge is 0.225 e. The minimum absolute atomic E-state index is 0.127. The van der Waals surface area contributed by atoms with Crippen molar-refractivity contribution in [2.75, 3.05) is 21.1 Å². The SMILES string of the molecule is CN=C(NCc1cccn1C)NC1CCCC(C(=O)N(C)C)C1. The minimum Gasteiger partial charge on any atom is -0.354 e. The highest BCUT2D eigenvalue weighted by atomic mass is 16.2. The van der Waals surface area contributed by atoms with Crippen LogP contribution in [0.4, 0.5) is 0 Å². The third kappa shape index (κ3) is 4.74. The molecule has 2 rings (SSSR count). The van der Waals surface area contributed by atoms with E-state index in [0.717, 1.165) is 38.2 Å². The Bertz CT molecular complexity index is 549. The fourth-order valence-electron chi connectivity index (χ4n) is 3.15. The van der Waals surface area contributed by atoms with Crippen molar-refractivity contribution in [1.29, 1.82) is 0 Å². The molecule has 6 heteroatoms. The summed E-state index contributed by atoms with van der Waals surface area (Å²) >= 11 is 0. The number of aromatic nitrogens is 1. The summed E-state index contributed by atoms with van der Waals surface area (Å²) in [6.45, 7) is 0.732. The number of aryl methyl sites for hydroxylation is 1. The second-order valence-electron chi connectivity index (χ2n) is 6.47. The van der Waals surface area contributed by atoms with E-state index >= 15 is 0 Å². The molecule has 1 amide bonds. The second-order valence-corrected chi connectivity index (χ2v) is 6.47. The van der Waals surface area contributed by atoms with Gasteiger partial charge in [-0.25, -0.2) is 0 Å². The molecule has 1 fully saturated rings. The lowest BCUT2D eigenvalue weighted by molar-refractivity contribution is -0.134. The number of aliphatic imine (C=N–C) groups is 1. The summed E-state index contributed by atoms with van der Waals surface area (Å²) in [5.41, 5.74) is 1.21. The van der Waals surface area contributed by atoms with Gasteiger partial charge in [0.1, 0.15) is 0 Å². The quantitative estimate of drug-likeness (QED) is 0.650. The molecule has 2 N–H and O–H groups in total. The fraction of sp³-hybridized carbons (Fsp3) is 0.647. The van der Waals surface area contributed by atoms with Crippen LogP contribution in [0.5, 0.6) is 0 Å². The van der Waals surface area contributed by atoms with Crippen molar-refractivity contribution in [3.63, 3.8) is 0 Å². The minimum atomic E-state index is 0.127. The third-order valence-corrected chi connectivity index (χ3v) is 4.52. The van der Waals surface area contributed by atoms with Crippen LogP contribution in [0.15, 0.2) is 23.3 Å². The first kappa shape index (κ1) is 17.4. The van der Waals surface area contributed by atoms with Crippen LogP contribution in [0.2, 0.25) is 0 Å². The molecule has 0 saturated heterocycles. The van der Waals surface area contributed by atoms with Crippen LogP contribution in [-0.2, 0) is 18.4 Å². The van der Waals surface area contributed by atoms with Crippen molar-refractivity contribution < 1.29 is 4.79 Å². The summed E-state index contributed by atoms with van der Waals surface area (Å²) in [5.74, 6) is 1.17. The molecule has 0 radical (unpaired) electrons. The Morgan fingerprint density at radius 1 is 1.43 bits per heavy atom. The topological polar surface area (TPSA) is 61.7 Å². The van der Waals surface area contributed by atoms with Gasteiger partial charge in [0.2, 0.25) is 5.91 Å². The Labute approximate surface area is 139 Å². The average molecular weight is 319 g/mol. The van der Waals surface area contributed by atoms with E-state index in [0.29, 0.717) is 6.04 Å². The largest absolute Gasteiger partial charge is 0.354 e. The Hall–Kier alpha value is -1.98. The van der Waals surface area contributed by atoms with Crippen molar-refractivity contribution in [2.24, 2.45) is 18.0 Å². The van der Waals surface area contributed by atoms with Gasteiger partial charge >= 0.3 is 0 Å². The van der Waals surface area contributed by atoms with Gasteiger partial charge in [0.05, 0.1) is 6.54 Å². The molecule has 2 unspecified atom stereocenters. The molecule has 6 nitrogen and oxygen atoms in total. The van der Waals surface area contributed by atoms with Gasteiger partial charge in [-0.2, -0.15) is 0 Å². The molecule has 1 aliphatic rings. The first-order chi connectivity index (χ1) is 11.0. The number of nitrogens with one attached hydrogen (secondary N) is 2. The molecule has 0 aromatic carbocycles. The molecule has 0 aliphatic heterocycles. The highest BCUT2D eigenvalue weighted by Gasteiger charge is 2.28. The van der Waals surface area contributed by atoms with Crippen molar-refractivity contribution in [2.45, 2.75) is 38.3 Å². The summed E-state index contributed by atoms with van der Waals surface area (Å²) < 4.78 is 2.09. The summed E-state index contributed by atoms with van der Waals surface area (Å²) in [5, 5.41) is 6.82. The maximum absolute atomic E-state index is 12.2.